The van der Waals surface area contributed by atoms with Crippen LogP contribution < -0.4 is 4.90 Å². The van der Waals surface area contributed by atoms with Crippen LogP contribution in [0.15, 0.2) is 22.7 Å². The Hall–Kier alpha value is -0.540. The molecule has 0 amide bonds. The highest BCUT2D eigenvalue weighted by Gasteiger charge is 2.36. The van der Waals surface area contributed by atoms with Gasteiger partial charge in [-0.1, -0.05) is 36.2 Å². The Kier molecular flexibility index (Phi) is 4.60. The quantitative estimate of drug-likeness (QED) is 0.776. The van der Waals surface area contributed by atoms with Crippen molar-refractivity contribution in [3.05, 3.63) is 28.2 Å². The largest absolute Gasteiger partial charge is 0.365 e. The van der Waals surface area contributed by atoms with Gasteiger partial charge in [-0.05, 0) is 56.0 Å². The lowest BCUT2D eigenvalue weighted by Gasteiger charge is -2.51. The van der Waals surface area contributed by atoms with E-state index in [9.17, 15) is 0 Å². The lowest BCUT2D eigenvalue weighted by molar-refractivity contribution is 0.100. The molecule has 116 valence electrons. The fourth-order valence-electron chi connectivity index (χ4n) is 3.96. The highest BCUT2D eigenvalue weighted by atomic mass is 79.9. The van der Waals surface area contributed by atoms with E-state index >= 15 is 0 Å². The lowest BCUT2D eigenvalue weighted by atomic mass is 9.91. The Balaban J connectivity index is 1.89. The summed E-state index contributed by atoms with van der Waals surface area (Å²) in [6.07, 6.45) is 4.16. The van der Waals surface area contributed by atoms with E-state index in [1.807, 2.05) is 0 Å². The number of fused-ring (bicyclic) bond motifs is 1. The van der Waals surface area contributed by atoms with Gasteiger partial charge in [-0.25, -0.2) is 0 Å². The summed E-state index contributed by atoms with van der Waals surface area (Å²) in [5, 5.41) is 0. The summed E-state index contributed by atoms with van der Waals surface area (Å²) in [6, 6.07) is 8.23. The maximum atomic E-state index is 3.67. The van der Waals surface area contributed by atoms with E-state index in [1.165, 1.54) is 54.6 Å². The first-order chi connectivity index (χ1) is 10.0. The molecule has 0 spiro atoms. The molecule has 2 nitrogen and oxygen atoms in total. The summed E-state index contributed by atoms with van der Waals surface area (Å²) in [6.45, 7) is 10.7. The van der Waals surface area contributed by atoms with Crippen molar-refractivity contribution >= 4 is 21.6 Å². The van der Waals surface area contributed by atoms with Gasteiger partial charge in [0.1, 0.15) is 0 Å². The van der Waals surface area contributed by atoms with Crippen molar-refractivity contribution in [3.8, 4) is 0 Å². The first-order valence-electron chi connectivity index (χ1n) is 8.32. The number of aryl methyl sites for hydroxylation is 1. The number of piperidine rings is 1. The van der Waals surface area contributed by atoms with E-state index in [1.54, 1.807) is 0 Å². The third-order valence-corrected chi connectivity index (χ3v) is 5.56. The van der Waals surface area contributed by atoms with Gasteiger partial charge in [0.05, 0.1) is 0 Å². The average Bonchev–Trinajstić information content (AvgIpc) is 2.44. The number of rotatable bonds is 2. The van der Waals surface area contributed by atoms with Crippen LogP contribution in [0.2, 0.25) is 0 Å². The van der Waals surface area contributed by atoms with Gasteiger partial charge in [-0.2, -0.15) is 0 Å². The van der Waals surface area contributed by atoms with Crippen molar-refractivity contribution in [3.63, 3.8) is 0 Å². The van der Waals surface area contributed by atoms with Crippen LogP contribution in [0.4, 0.5) is 5.69 Å². The van der Waals surface area contributed by atoms with Crippen molar-refractivity contribution < 1.29 is 0 Å². The molecule has 3 heteroatoms. The molecule has 2 aliphatic heterocycles. The number of nitrogens with zero attached hydrogens (tertiary/aromatic N) is 2. The van der Waals surface area contributed by atoms with Gasteiger partial charge in [-0.15, -0.1) is 0 Å². The first kappa shape index (κ1) is 15.4. The van der Waals surface area contributed by atoms with Gasteiger partial charge in [-0.3, -0.25) is 4.90 Å². The molecule has 0 aliphatic carbocycles. The molecule has 1 aromatic carbocycles. The van der Waals surface area contributed by atoms with Crippen LogP contribution in [0.3, 0.4) is 0 Å². The summed E-state index contributed by atoms with van der Waals surface area (Å²) >= 11 is 3.67. The van der Waals surface area contributed by atoms with Crippen LogP contribution in [-0.4, -0.2) is 36.6 Å². The number of benzene rings is 1. The molecule has 2 fully saturated rings. The molecule has 2 atom stereocenters. The van der Waals surface area contributed by atoms with Crippen LogP contribution in [0, 0.1) is 12.8 Å². The van der Waals surface area contributed by atoms with Crippen molar-refractivity contribution in [2.75, 3.05) is 24.5 Å². The molecule has 1 aromatic rings. The van der Waals surface area contributed by atoms with Gasteiger partial charge in [0.25, 0.3) is 0 Å². The standard InChI is InChI=1S/C18H27BrN2/c1-13(2)18-12-20-7-5-4-6-16(20)11-21(18)17-9-14(3)8-15(19)10-17/h8-10,13,16,18H,4-7,11-12H2,1-3H3. The van der Waals surface area contributed by atoms with Gasteiger partial charge >= 0.3 is 0 Å². The van der Waals surface area contributed by atoms with E-state index in [0.29, 0.717) is 12.0 Å². The van der Waals surface area contributed by atoms with Crippen LogP contribution in [0.1, 0.15) is 38.7 Å². The van der Waals surface area contributed by atoms with E-state index in [-0.39, 0.29) is 0 Å². The molecule has 3 rings (SSSR count). The SMILES string of the molecule is Cc1cc(Br)cc(N2CC3CCCCN3CC2C(C)C)c1. The smallest absolute Gasteiger partial charge is 0.0440 e. The van der Waals surface area contributed by atoms with E-state index < -0.39 is 0 Å². The van der Waals surface area contributed by atoms with Gasteiger partial charge in [0, 0.05) is 35.3 Å². The maximum absolute atomic E-state index is 3.67. The van der Waals surface area contributed by atoms with E-state index in [2.05, 4.69) is 64.7 Å². The summed E-state index contributed by atoms with van der Waals surface area (Å²) < 4.78 is 1.20. The lowest BCUT2D eigenvalue weighted by Crippen LogP contribution is -2.61. The summed E-state index contributed by atoms with van der Waals surface area (Å²) in [5.41, 5.74) is 2.73. The summed E-state index contributed by atoms with van der Waals surface area (Å²) in [4.78, 5) is 5.42. The monoisotopic (exact) mass is 350 g/mol. The van der Waals surface area contributed by atoms with Crippen LogP contribution in [0.5, 0.6) is 0 Å². The normalized spacial score (nSPS) is 27.0. The third kappa shape index (κ3) is 3.29. The molecule has 2 unspecified atom stereocenters. The number of halogens is 1. The molecule has 0 aromatic heterocycles. The molecular weight excluding hydrogens is 324 g/mol. The fraction of sp³-hybridized carbons (Fsp3) is 0.667. The molecule has 2 aliphatic rings. The molecule has 0 saturated carbocycles. The third-order valence-electron chi connectivity index (χ3n) is 5.11. The van der Waals surface area contributed by atoms with Gasteiger partial charge < -0.3 is 4.90 Å². The number of piperazine rings is 1. The molecule has 0 bridgehead atoms. The second-order valence-electron chi connectivity index (χ2n) is 7.10. The summed E-state index contributed by atoms with van der Waals surface area (Å²) in [5.74, 6) is 0.687. The van der Waals surface area contributed by atoms with Crippen LogP contribution in [-0.2, 0) is 0 Å². The highest BCUT2D eigenvalue weighted by molar-refractivity contribution is 9.10. The van der Waals surface area contributed by atoms with Gasteiger partial charge in [0.15, 0.2) is 0 Å². The maximum Gasteiger partial charge on any atom is 0.0440 e. The van der Waals surface area contributed by atoms with E-state index in [4.69, 9.17) is 0 Å². The van der Waals surface area contributed by atoms with Crippen molar-refractivity contribution in [1.82, 2.24) is 4.90 Å². The zero-order valence-electron chi connectivity index (χ0n) is 13.5. The molecule has 2 heterocycles. The highest BCUT2D eigenvalue weighted by Crippen LogP contribution is 2.32. The second-order valence-corrected chi connectivity index (χ2v) is 8.01. The Morgan fingerprint density at radius 1 is 1.14 bits per heavy atom. The minimum atomic E-state index is 0.632. The minimum absolute atomic E-state index is 0.632. The van der Waals surface area contributed by atoms with Crippen molar-refractivity contribution in [2.45, 2.75) is 52.1 Å². The zero-order chi connectivity index (χ0) is 15.0. The molecule has 21 heavy (non-hydrogen) atoms. The molecule has 0 N–H and O–H groups in total. The Morgan fingerprint density at radius 3 is 2.67 bits per heavy atom. The van der Waals surface area contributed by atoms with Gasteiger partial charge in [0.2, 0.25) is 0 Å². The fourth-order valence-corrected chi connectivity index (χ4v) is 4.55. The Bertz CT molecular complexity index is 480. The van der Waals surface area contributed by atoms with Crippen LogP contribution >= 0.6 is 15.9 Å². The predicted molar refractivity (Wildman–Crippen MR) is 94.1 cm³/mol. The van der Waals surface area contributed by atoms with E-state index in [0.717, 1.165) is 6.04 Å². The minimum Gasteiger partial charge on any atom is -0.365 e. The Labute approximate surface area is 137 Å². The molecular formula is C18H27BrN2. The van der Waals surface area contributed by atoms with Crippen molar-refractivity contribution in [2.24, 2.45) is 5.92 Å². The van der Waals surface area contributed by atoms with Crippen molar-refractivity contribution in [1.29, 1.82) is 0 Å². The molecule has 0 radical (unpaired) electrons. The Morgan fingerprint density at radius 2 is 1.95 bits per heavy atom. The zero-order valence-corrected chi connectivity index (χ0v) is 15.1. The second kappa shape index (κ2) is 6.29. The molecule has 2 saturated heterocycles. The average molecular weight is 351 g/mol. The predicted octanol–water partition coefficient (Wildman–Crippen LogP) is 4.46. The van der Waals surface area contributed by atoms with Crippen LogP contribution in [0.25, 0.3) is 0 Å². The topological polar surface area (TPSA) is 6.48 Å². The summed E-state index contributed by atoms with van der Waals surface area (Å²) in [7, 11) is 0. The first-order valence-corrected chi connectivity index (χ1v) is 9.12. The number of hydrogen-bond donors (Lipinski definition) is 0. The number of hydrogen-bond acceptors (Lipinski definition) is 2. The number of anilines is 1.